The van der Waals surface area contributed by atoms with Gasteiger partial charge in [0.25, 0.3) is 0 Å². The average molecular weight is 248 g/mol. The van der Waals surface area contributed by atoms with E-state index in [9.17, 15) is 9.00 Å². The lowest BCUT2D eigenvalue weighted by atomic mass is 10.2. The number of nitrogens with one attached hydrogen (secondary N) is 1. The number of nitrogens with zero attached hydrogens (tertiary/aromatic N) is 1. The smallest absolute Gasteiger partial charge is 0.324 e. The lowest BCUT2D eigenvalue weighted by molar-refractivity contribution is -0.143. The second kappa shape index (κ2) is 6.98. The van der Waals surface area contributed by atoms with Crippen molar-refractivity contribution < 1.29 is 13.7 Å². The number of rotatable bonds is 5. The van der Waals surface area contributed by atoms with Gasteiger partial charge in [0.2, 0.25) is 0 Å². The third-order valence-electron chi connectivity index (χ3n) is 2.65. The van der Waals surface area contributed by atoms with Crippen LogP contribution < -0.4 is 5.32 Å². The molecule has 1 aliphatic heterocycles. The van der Waals surface area contributed by atoms with Gasteiger partial charge in [0, 0.05) is 41.9 Å². The zero-order valence-corrected chi connectivity index (χ0v) is 10.7. The number of methoxy groups -OCH3 is 1. The monoisotopic (exact) mass is 248 g/mol. The lowest BCUT2D eigenvalue weighted by Gasteiger charge is -2.29. The molecule has 6 heteroatoms. The predicted molar refractivity (Wildman–Crippen MR) is 63.8 cm³/mol. The maximum Gasteiger partial charge on any atom is 0.324 e. The van der Waals surface area contributed by atoms with Crippen LogP contribution in [0.15, 0.2) is 0 Å². The molecule has 0 radical (unpaired) electrons. The molecule has 1 aliphatic rings. The van der Waals surface area contributed by atoms with Gasteiger partial charge in [0.1, 0.15) is 6.04 Å². The lowest BCUT2D eigenvalue weighted by Crippen LogP contribution is -2.49. The molecule has 1 heterocycles. The number of ether oxygens (including phenoxy) is 1. The summed E-state index contributed by atoms with van der Waals surface area (Å²) in [6.07, 6.45) is 0. The molecular formula is C10H20N2O3S. The van der Waals surface area contributed by atoms with Crippen molar-refractivity contribution in [1.29, 1.82) is 0 Å². The van der Waals surface area contributed by atoms with E-state index in [-0.39, 0.29) is 12.0 Å². The summed E-state index contributed by atoms with van der Waals surface area (Å²) >= 11 is 0. The number of hydrogen-bond acceptors (Lipinski definition) is 5. The Hall–Kier alpha value is -0.460. The van der Waals surface area contributed by atoms with E-state index in [0.717, 1.165) is 19.6 Å². The van der Waals surface area contributed by atoms with E-state index in [2.05, 4.69) is 10.2 Å². The molecule has 5 nitrogen and oxygen atoms in total. The molecule has 0 aliphatic carbocycles. The molecule has 0 spiro atoms. The minimum absolute atomic E-state index is 0.228. The molecule has 0 aromatic rings. The molecule has 1 N–H and O–H groups in total. The van der Waals surface area contributed by atoms with Gasteiger partial charge in [-0.15, -0.1) is 0 Å². The van der Waals surface area contributed by atoms with Crippen LogP contribution in [0.4, 0.5) is 0 Å². The van der Waals surface area contributed by atoms with Gasteiger partial charge in [0.05, 0.1) is 7.11 Å². The molecule has 1 unspecified atom stereocenters. The van der Waals surface area contributed by atoms with Crippen molar-refractivity contribution in [3.05, 3.63) is 0 Å². The first kappa shape index (κ1) is 13.6. The third kappa shape index (κ3) is 4.19. The summed E-state index contributed by atoms with van der Waals surface area (Å²) in [7, 11) is 0.731. The highest BCUT2D eigenvalue weighted by molar-refractivity contribution is 7.85. The van der Waals surface area contributed by atoms with Crippen LogP contribution in [0.2, 0.25) is 0 Å². The fourth-order valence-corrected chi connectivity index (χ4v) is 2.86. The normalized spacial score (nSPS) is 20.6. The Kier molecular flexibility index (Phi) is 5.94. The van der Waals surface area contributed by atoms with E-state index in [1.54, 1.807) is 0 Å². The van der Waals surface area contributed by atoms with Crippen molar-refractivity contribution in [3.8, 4) is 0 Å². The summed E-state index contributed by atoms with van der Waals surface area (Å²) in [4.78, 5) is 13.6. The Morgan fingerprint density at radius 2 is 2.12 bits per heavy atom. The van der Waals surface area contributed by atoms with E-state index in [4.69, 9.17) is 4.74 Å². The van der Waals surface area contributed by atoms with Crippen molar-refractivity contribution in [2.24, 2.45) is 0 Å². The second-order valence-electron chi connectivity index (χ2n) is 3.78. The van der Waals surface area contributed by atoms with E-state index < -0.39 is 10.8 Å². The molecular weight excluding hydrogens is 228 g/mol. The Morgan fingerprint density at radius 3 is 2.62 bits per heavy atom. The molecule has 94 valence electrons. The molecule has 0 bridgehead atoms. The van der Waals surface area contributed by atoms with Crippen LogP contribution in [0, 0.1) is 0 Å². The number of carbonyl (C=O) groups is 1. The molecule has 0 saturated carbocycles. The summed E-state index contributed by atoms with van der Waals surface area (Å²) in [6.45, 7) is 4.93. The largest absolute Gasteiger partial charge is 0.468 e. The SMILES string of the molecule is CCNC(CN1CCS(=O)CC1)C(=O)OC. The zero-order valence-electron chi connectivity index (χ0n) is 9.90. The Morgan fingerprint density at radius 1 is 1.50 bits per heavy atom. The third-order valence-corrected chi connectivity index (χ3v) is 3.92. The molecule has 0 aromatic heterocycles. The summed E-state index contributed by atoms with van der Waals surface area (Å²) in [6, 6.07) is -0.276. The maximum absolute atomic E-state index is 11.5. The number of likely N-dealkylation sites (N-methyl/N-ethyl adjacent to an activating group) is 1. The van der Waals surface area contributed by atoms with Crippen molar-refractivity contribution in [2.45, 2.75) is 13.0 Å². The summed E-state index contributed by atoms with van der Waals surface area (Å²) < 4.78 is 15.9. The van der Waals surface area contributed by atoms with Gasteiger partial charge in [-0.2, -0.15) is 0 Å². The first-order chi connectivity index (χ1) is 7.67. The van der Waals surface area contributed by atoms with Crippen molar-refractivity contribution in [2.75, 3.05) is 44.8 Å². The molecule has 1 atom stereocenters. The number of hydrogen-bond donors (Lipinski definition) is 1. The van der Waals surface area contributed by atoms with Gasteiger partial charge in [-0.05, 0) is 6.54 Å². The van der Waals surface area contributed by atoms with Crippen LogP contribution in [0.25, 0.3) is 0 Å². The van der Waals surface area contributed by atoms with Crippen LogP contribution in [0.3, 0.4) is 0 Å². The van der Waals surface area contributed by atoms with Crippen molar-refractivity contribution in [3.63, 3.8) is 0 Å². The Labute approximate surface area is 99.0 Å². The van der Waals surface area contributed by atoms with E-state index in [1.165, 1.54) is 7.11 Å². The van der Waals surface area contributed by atoms with Crippen LogP contribution in [-0.4, -0.2) is 65.9 Å². The van der Waals surface area contributed by atoms with Gasteiger partial charge in [0.15, 0.2) is 0 Å². The Bertz CT molecular complexity index is 250. The molecule has 0 amide bonds. The molecule has 0 aromatic carbocycles. The van der Waals surface area contributed by atoms with Crippen molar-refractivity contribution >= 4 is 16.8 Å². The maximum atomic E-state index is 11.5. The molecule has 1 rings (SSSR count). The van der Waals surface area contributed by atoms with E-state index in [0.29, 0.717) is 18.1 Å². The van der Waals surface area contributed by atoms with Crippen LogP contribution in [0.1, 0.15) is 6.92 Å². The van der Waals surface area contributed by atoms with Gasteiger partial charge in [-0.25, -0.2) is 0 Å². The minimum atomic E-state index is -0.670. The van der Waals surface area contributed by atoms with Gasteiger partial charge in [-0.3, -0.25) is 13.9 Å². The van der Waals surface area contributed by atoms with E-state index in [1.807, 2.05) is 6.92 Å². The summed E-state index contributed by atoms with van der Waals surface area (Å²) in [5, 5.41) is 3.10. The predicted octanol–water partition coefficient (Wildman–Crippen LogP) is -0.798. The fraction of sp³-hybridized carbons (Fsp3) is 0.900. The molecule has 1 fully saturated rings. The average Bonchev–Trinajstić information content (AvgIpc) is 2.30. The van der Waals surface area contributed by atoms with E-state index >= 15 is 0 Å². The Balaban J connectivity index is 2.41. The van der Waals surface area contributed by atoms with Crippen LogP contribution in [-0.2, 0) is 20.3 Å². The highest BCUT2D eigenvalue weighted by Crippen LogP contribution is 2.02. The topological polar surface area (TPSA) is 58.6 Å². The van der Waals surface area contributed by atoms with Gasteiger partial charge in [-0.1, -0.05) is 6.92 Å². The van der Waals surface area contributed by atoms with Gasteiger partial charge >= 0.3 is 5.97 Å². The summed E-state index contributed by atoms with van der Waals surface area (Å²) in [5.74, 6) is 1.19. The quantitative estimate of drug-likeness (QED) is 0.646. The highest BCUT2D eigenvalue weighted by atomic mass is 32.2. The highest BCUT2D eigenvalue weighted by Gasteiger charge is 2.23. The first-order valence-corrected chi connectivity index (χ1v) is 7.04. The van der Waals surface area contributed by atoms with Crippen LogP contribution in [0.5, 0.6) is 0 Å². The minimum Gasteiger partial charge on any atom is -0.468 e. The fourth-order valence-electron chi connectivity index (χ4n) is 1.73. The first-order valence-electron chi connectivity index (χ1n) is 5.56. The number of esters is 1. The molecule has 16 heavy (non-hydrogen) atoms. The summed E-state index contributed by atoms with van der Waals surface area (Å²) in [5.41, 5.74) is 0. The molecule has 1 saturated heterocycles. The zero-order chi connectivity index (χ0) is 12.0. The standard InChI is InChI=1S/C10H20N2O3S/c1-3-11-9(10(13)15-2)8-12-4-6-16(14)7-5-12/h9,11H,3-8H2,1-2H3. The van der Waals surface area contributed by atoms with Crippen molar-refractivity contribution in [1.82, 2.24) is 10.2 Å². The van der Waals surface area contributed by atoms with Crippen LogP contribution >= 0.6 is 0 Å². The van der Waals surface area contributed by atoms with Gasteiger partial charge < -0.3 is 10.1 Å². The number of carbonyl (C=O) groups excluding carboxylic acids is 1. The second-order valence-corrected chi connectivity index (χ2v) is 5.48.